The second kappa shape index (κ2) is 8.70. The molecule has 0 unspecified atom stereocenters. The van der Waals surface area contributed by atoms with Gasteiger partial charge in [-0.3, -0.25) is 0 Å². The van der Waals surface area contributed by atoms with Gasteiger partial charge in [0, 0.05) is 23.5 Å². The molecule has 0 atom stereocenters. The molecule has 1 saturated carbocycles. The van der Waals surface area contributed by atoms with Gasteiger partial charge in [-0.1, -0.05) is 32.6 Å². The summed E-state index contributed by atoms with van der Waals surface area (Å²) in [5.74, 6) is 0.636. The lowest BCUT2D eigenvalue weighted by atomic mass is 9.77. The number of hydrogen-bond donors (Lipinski definition) is 0. The van der Waals surface area contributed by atoms with Crippen molar-refractivity contribution in [1.82, 2.24) is 9.97 Å². The Hall–Kier alpha value is -1.84. The van der Waals surface area contributed by atoms with Gasteiger partial charge >= 0.3 is 0 Å². The van der Waals surface area contributed by atoms with Gasteiger partial charge in [-0.15, -0.1) is 0 Å². The molecule has 0 spiro atoms. The van der Waals surface area contributed by atoms with Gasteiger partial charge in [0.15, 0.2) is 5.82 Å². The fourth-order valence-electron chi connectivity index (χ4n) is 3.94. The molecule has 0 saturated heterocycles. The van der Waals surface area contributed by atoms with Crippen LogP contribution in [0.3, 0.4) is 0 Å². The van der Waals surface area contributed by atoms with E-state index in [0.29, 0.717) is 17.3 Å². The molecule has 0 aliphatic heterocycles. The average molecular weight is 358 g/mol. The molecule has 140 valence electrons. The number of aromatic nitrogens is 2. The first-order valence-electron chi connectivity index (χ1n) is 9.86. The van der Waals surface area contributed by atoms with E-state index in [4.69, 9.17) is 0 Å². The first-order chi connectivity index (χ1) is 12.6. The minimum absolute atomic E-state index is 0.0288. The summed E-state index contributed by atoms with van der Waals surface area (Å²) in [5, 5.41) is 0. The highest BCUT2D eigenvalue weighted by Crippen LogP contribution is 2.37. The summed E-state index contributed by atoms with van der Waals surface area (Å²) in [4.78, 5) is 8.74. The Bertz CT molecular complexity index is 696. The van der Waals surface area contributed by atoms with Crippen LogP contribution in [0.1, 0.15) is 75.3 Å². The highest BCUT2D eigenvalue weighted by molar-refractivity contribution is 5.55. The van der Waals surface area contributed by atoms with Crippen molar-refractivity contribution in [3.05, 3.63) is 47.3 Å². The van der Waals surface area contributed by atoms with Crippen LogP contribution in [0.15, 0.2) is 24.5 Å². The SMILES string of the molecule is CCCCCC1CCC(c2cnc(-c3cc(F)c(C)c(F)c3)nc2)CC1. The van der Waals surface area contributed by atoms with E-state index >= 15 is 0 Å². The minimum atomic E-state index is -0.561. The quantitative estimate of drug-likeness (QED) is 0.545. The Morgan fingerprint density at radius 1 is 0.962 bits per heavy atom. The predicted octanol–water partition coefficient (Wildman–Crippen LogP) is 6.58. The minimum Gasteiger partial charge on any atom is -0.236 e. The fourth-order valence-corrected chi connectivity index (χ4v) is 3.94. The third-order valence-electron chi connectivity index (χ3n) is 5.75. The molecule has 0 amide bonds. The molecule has 4 heteroatoms. The predicted molar refractivity (Wildman–Crippen MR) is 101 cm³/mol. The molecule has 0 N–H and O–H groups in total. The second-order valence-electron chi connectivity index (χ2n) is 7.62. The zero-order valence-electron chi connectivity index (χ0n) is 15.8. The van der Waals surface area contributed by atoms with Gasteiger partial charge in [-0.05, 0) is 62.1 Å². The zero-order valence-corrected chi connectivity index (χ0v) is 15.8. The molecule has 1 aliphatic carbocycles. The van der Waals surface area contributed by atoms with Crippen LogP contribution in [0.2, 0.25) is 0 Å². The Morgan fingerprint density at radius 2 is 1.58 bits per heavy atom. The molecule has 2 aromatic rings. The molecule has 26 heavy (non-hydrogen) atoms. The lowest BCUT2D eigenvalue weighted by Gasteiger charge is -2.28. The summed E-state index contributed by atoms with van der Waals surface area (Å²) in [5.41, 5.74) is 1.56. The maximum Gasteiger partial charge on any atom is 0.159 e. The van der Waals surface area contributed by atoms with Crippen molar-refractivity contribution in [2.45, 2.75) is 71.1 Å². The van der Waals surface area contributed by atoms with Crippen molar-refractivity contribution < 1.29 is 8.78 Å². The Morgan fingerprint density at radius 3 is 2.15 bits per heavy atom. The summed E-state index contributed by atoms with van der Waals surface area (Å²) in [6, 6.07) is 2.60. The van der Waals surface area contributed by atoms with E-state index in [9.17, 15) is 8.78 Å². The van der Waals surface area contributed by atoms with Crippen molar-refractivity contribution >= 4 is 0 Å². The van der Waals surface area contributed by atoms with Gasteiger partial charge in [-0.25, -0.2) is 18.7 Å². The van der Waals surface area contributed by atoms with E-state index in [1.807, 2.05) is 12.4 Å². The molecule has 2 nitrogen and oxygen atoms in total. The molecule has 1 aromatic carbocycles. The van der Waals surface area contributed by atoms with Crippen molar-refractivity contribution in [3.8, 4) is 11.4 Å². The fraction of sp³-hybridized carbons (Fsp3) is 0.545. The first-order valence-corrected chi connectivity index (χ1v) is 9.86. The Balaban J connectivity index is 1.62. The monoisotopic (exact) mass is 358 g/mol. The number of nitrogens with zero attached hydrogens (tertiary/aromatic N) is 2. The van der Waals surface area contributed by atoms with Gasteiger partial charge in [0.2, 0.25) is 0 Å². The van der Waals surface area contributed by atoms with Gasteiger partial charge in [0.25, 0.3) is 0 Å². The molecule has 0 radical (unpaired) electrons. The van der Waals surface area contributed by atoms with Crippen LogP contribution in [0.5, 0.6) is 0 Å². The van der Waals surface area contributed by atoms with Crippen LogP contribution in [-0.2, 0) is 0 Å². The highest BCUT2D eigenvalue weighted by atomic mass is 19.1. The van der Waals surface area contributed by atoms with E-state index in [-0.39, 0.29) is 5.56 Å². The number of halogens is 2. The smallest absolute Gasteiger partial charge is 0.159 e. The van der Waals surface area contributed by atoms with Gasteiger partial charge in [-0.2, -0.15) is 0 Å². The number of rotatable bonds is 6. The number of hydrogen-bond acceptors (Lipinski definition) is 2. The molecular formula is C22H28F2N2. The zero-order chi connectivity index (χ0) is 18.5. The van der Waals surface area contributed by atoms with Crippen molar-refractivity contribution in [2.75, 3.05) is 0 Å². The van der Waals surface area contributed by atoms with Gasteiger partial charge < -0.3 is 0 Å². The van der Waals surface area contributed by atoms with Crippen LogP contribution in [0.25, 0.3) is 11.4 Å². The molecule has 1 fully saturated rings. The van der Waals surface area contributed by atoms with Crippen LogP contribution in [0, 0.1) is 24.5 Å². The van der Waals surface area contributed by atoms with E-state index in [1.54, 1.807) is 0 Å². The highest BCUT2D eigenvalue weighted by Gasteiger charge is 2.22. The van der Waals surface area contributed by atoms with Crippen LogP contribution >= 0.6 is 0 Å². The molecule has 0 bridgehead atoms. The average Bonchev–Trinajstić information content (AvgIpc) is 2.67. The third kappa shape index (κ3) is 4.46. The summed E-state index contributed by atoms with van der Waals surface area (Å²) in [6.07, 6.45) is 14.0. The van der Waals surface area contributed by atoms with Crippen molar-refractivity contribution in [1.29, 1.82) is 0 Å². The van der Waals surface area contributed by atoms with Gasteiger partial charge in [0.1, 0.15) is 11.6 Å². The number of benzene rings is 1. The molecule has 1 heterocycles. The summed E-state index contributed by atoms with van der Waals surface area (Å²) in [6.45, 7) is 3.68. The third-order valence-corrected chi connectivity index (χ3v) is 5.75. The lowest BCUT2D eigenvalue weighted by molar-refractivity contribution is 0.302. The maximum atomic E-state index is 13.7. The summed E-state index contributed by atoms with van der Waals surface area (Å²) in [7, 11) is 0. The van der Waals surface area contributed by atoms with E-state index < -0.39 is 11.6 Å². The van der Waals surface area contributed by atoms with Crippen LogP contribution in [-0.4, -0.2) is 9.97 Å². The van der Waals surface area contributed by atoms with Crippen molar-refractivity contribution in [2.24, 2.45) is 5.92 Å². The standard InChI is InChI=1S/C22H28F2N2/c1-3-4-5-6-16-7-9-17(10-8-16)19-13-25-22(26-14-19)18-11-20(23)15(2)21(24)12-18/h11-14,16-17H,3-10H2,1-2H3. The van der Waals surface area contributed by atoms with E-state index in [0.717, 1.165) is 11.5 Å². The molecule has 3 rings (SSSR count). The van der Waals surface area contributed by atoms with E-state index in [1.165, 1.54) is 70.4 Å². The maximum absolute atomic E-state index is 13.7. The Kier molecular flexibility index (Phi) is 6.33. The van der Waals surface area contributed by atoms with Crippen LogP contribution < -0.4 is 0 Å². The van der Waals surface area contributed by atoms with E-state index in [2.05, 4.69) is 16.9 Å². The normalized spacial score (nSPS) is 20.3. The first kappa shape index (κ1) is 18.9. The Labute approximate surface area is 155 Å². The second-order valence-corrected chi connectivity index (χ2v) is 7.62. The largest absolute Gasteiger partial charge is 0.236 e. The summed E-state index contributed by atoms with van der Waals surface area (Å²) < 4.78 is 27.5. The topological polar surface area (TPSA) is 25.8 Å². The van der Waals surface area contributed by atoms with Gasteiger partial charge in [0.05, 0.1) is 0 Å². The van der Waals surface area contributed by atoms with Crippen LogP contribution in [0.4, 0.5) is 8.78 Å². The summed E-state index contributed by atoms with van der Waals surface area (Å²) >= 11 is 0. The molecular weight excluding hydrogens is 330 g/mol. The van der Waals surface area contributed by atoms with Crippen molar-refractivity contribution in [3.63, 3.8) is 0 Å². The molecule has 1 aromatic heterocycles. The lowest BCUT2D eigenvalue weighted by Crippen LogP contribution is -2.14. The molecule has 1 aliphatic rings. The number of unbranched alkanes of at least 4 members (excludes halogenated alkanes) is 2.